The Bertz CT molecular complexity index is 500. The number of aromatic hydroxyl groups is 1. The summed E-state index contributed by atoms with van der Waals surface area (Å²) in [5.74, 6) is -0.350. The van der Waals surface area contributed by atoms with Gasteiger partial charge in [0.25, 0.3) is 5.91 Å². The maximum atomic E-state index is 11.9. The highest BCUT2D eigenvalue weighted by atomic mass is 35.5. The quantitative estimate of drug-likeness (QED) is 0.740. The van der Waals surface area contributed by atoms with E-state index >= 15 is 0 Å². The standard InChI is InChI=1S/C14H17ClN2O2/c15-11-1-2-13(18)12(9-11)14(19)17-8-5-10-3-6-16-7-4-10/h1-3,9,16,18H,4-8H2,(H,17,19). The Morgan fingerprint density at radius 3 is 3.05 bits per heavy atom. The van der Waals surface area contributed by atoms with Gasteiger partial charge in [0.1, 0.15) is 5.75 Å². The molecular weight excluding hydrogens is 264 g/mol. The van der Waals surface area contributed by atoms with Crippen molar-refractivity contribution in [3.05, 3.63) is 40.4 Å². The first-order valence-electron chi connectivity index (χ1n) is 6.32. The molecule has 0 atom stereocenters. The molecule has 0 radical (unpaired) electrons. The number of amides is 1. The summed E-state index contributed by atoms with van der Waals surface area (Å²) >= 11 is 5.81. The van der Waals surface area contributed by atoms with E-state index in [4.69, 9.17) is 11.6 Å². The first-order chi connectivity index (χ1) is 9.16. The molecule has 1 aromatic rings. The van der Waals surface area contributed by atoms with Gasteiger partial charge in [-0.15, -0.1) is 0 Å². The van der Waals surface area contributed by atoms with E-state index in [9.17, 15) is 9.90 Å². The second-order valence-corrected chi connectivity index (χ2v) is 4.92. The van der Waals surface area contributed by atoms with E-state index in [0.29, 0.717) is 11.6 Å². The third-order valence-electron chi connectivity index (χ3n) is 3.09. The van der Waals surface area contributed by atoms with Crippen LogP contribution in [0.4, 0.5) is 0 Å². The van der Waals surface area contributed by atoms with E-state index in [1.807, 2.05) is 0 Å². The smallest absolute Gasteiger partial charge is 0.255 e. The van der Waals surface area contributed by atoms with Crippen LogP contribution in [0.3, 0.4) is 0 Å². The second-order valence-electron chi connectivity index (χ2n) is 4.48. The van der Waals surface area contributed by atoms with Gasteiger partial charge < -0.3 is 15.7 Å². The van der Waals surface area contributed by atoms with Crippen LogP contribution < -0.4 is 10.6 Å². The number of nitrogens with one attached hydrogen (secondary N) is 2. The van der Waals surface area contributed by atoms with Crippen molar-refractivity contribution in [1.82, 2.24) is 10.6 Å². The van der Waals surface area contributed by atoms with Crippen LogP contribution in [-0.2, 0) is 0 Å². The number of benzene rings is 1. The van der Waals surface area contributed by atoms with Crippen LogP contribution in [0, 0.1) is 0 Å². The van der Waals surface area contributed by atoms with Gasteiger partial charge in [-0.25, -0.2) is 0 Å². The van der Waals surface area contributed by atoms with Crippen molar-refractivity contribution in [3.63, 3.8) is 0 Å². The molecule has 1 heterocycles. The van der Waals surface area contributed by atoms with E-state index in [2.05, 4.69) is 16.7 Å². The van der Waals surface area contributed by atoms with Gasteiger partial charge >= 0.3 is 0 Å². The topological polar surface area (TPSA) is 61.4 Å². The molecule has 0 spiro atoms. The Balaban J connectivity index is 1.87. The van der Waals surface area contributed by atoms with Gasteiger partial charge in [-0.05, 0) is 37.6 Å². The van der Waals surface area contributed by atoms with Crippen LogP contribution >= 0.6 is 11.6 Å². The SMILES string of the molecule is O=C(NCCC1=CCNCC1)c1cc(Cl)ccc1O. The van der Waals surface area contributed by atoms with Crippen LogP contribution in [0.15, 0.2) is 29.8 Å². The van der Waals surface area contributed by atoms with Crippen LogP contribution in [-0.4, -0.2) is 30.6 Å². The lowest BCUT2D eigenvalue weighted by Crippen LogP contribution is -2.26. The molecule has 0 aromatic heterocycles. The van der Waals surface area contributed by atoms with Crippen molar-refractivity contribution >= 4 is 17.5 Å². The van der Waals surface area contributed by atoms with E-state index < -0.39 is 0 Å². The minimum Gasteiger partial charge on any atom is -0.507 e. The zero-order valence-corrected chi connectivity index (χ0v) is 11.3. The number of phenolic OH excluding ortho intramolecular Hbond substituents is 1. The number of hydrogen-bond donors (Lipinski definition) is 3. The summed E-state index contributed by atoms with van der Waals surface area (Å²) in [6.45, 7) is 2.46. The minimum absolute atomic E-state index is 0.0528. The lowest BCUT2D eigenvalue weighted by atomic mass is 10.1. The molecule has 2 rings (SSSR count). The molecule has 1 amide bonds. The van der Waals surface area contributed by atoms with Gasteiger partial charge in [-0.2, -0.15) is 0 Å². The minimum atomic E-state index is -0.297. The number of carbonyl (C=O) groups excluding carboxylic acids is 1. The first kappa shape index (κ1) is 13.9. The van der Waals surface area contributed by atoms with E-state index in [0.717, 1.165) is 25.9 Å². The molecule has 3 N–H and O–H groups in total. The summed E-state index contributed by atoms with van der Waals surface area (Å²) in [5, 5.41) is 16.1. The average molecular weight is 281 g/mol. The molecule has 0 bridgehead atoms. The summed E-state index contributed by atoms with van der Waals surface area (Å²) in [5.41, 5.74) is 1.57. The van der Waals surface area contributed by atoms with Gasteiger partial charge in [0.05, 0.1) is 5.56 Å². The molecule has 1 aromatic carbocycles. The van der Waals surface area contributed by atoms with Crippen molar-refractivity contribution < 1.29 is 9.90 Å². The predicted octanol–water partition coefficient (Wildman–Crippen LogP) is 2.09. The largest absolute Gasteiger partial charge is 0.507 e. The third kappa shape index (κ3) is 3.98. The molecule has 5 heteroatoms. The number of phenols is 1. The van der Waals surface area contributed by atoms with Crippen molar-refractivity contribution in [1.29, 1.82) is 0 Å². The number of carbonyl (C=O) groups is 1. The molecule has 19 heavy (non-hydrogen) atoms. The molecule has 0 fully saturated rings. The molecule has 0 saturated carbocycles. The zero-order chi connectivity index (χ0) is 13.7. The highest BCUT2D eigenvalue weighted by molar-refractivity contribution is 6.31. The molecule has 4 nitrogen and oxygen atoms in total. The maximum absolute atomic E-state index is 11.9. The lowest BCUT2D eigenvalue weighted by Gasteiger charge is -2.14. The fourth-order valence-corrected chi connectivity index (χ4v) is 2.19. The van der Waals surface area contributed by atoms with E-state index in [1.165, 1.54) is 17.7 Å². The summed E-state index contributed by atoms with van der Waals surface area (Å²) in [7, 11) is 0. The highest BCUT2D eigenvalue weighted by Crippen LogP contribution is 2.21. The third-order valence-corrected chi connectivity index (χ3v) is 3.33. The second kappa shape index (κ2) is 6.59. The van der Waals surface area contributed by atoms with Gasteiger partial charge in [0, 0.05) is 18.1 Å². The van der Waals surface area contributed by atoms with E-state index in [-0.39, 0.29) is 17.2 Å². The number of halogens is 1. The Hall–Kier alpha value is -1.52. The Labute approximate surface area is 117 Å². The summed E-state index contributed by atoms with van der Waals surface area (Å²) in [6, 6.07) is 4.44. The first-order valence-corrected chi connectivity index (χ1v) is 6.70. The Morgan fingerprint density at radius 1 is 1.47 bits per heavy atom. The van der Waals surface area contributed by atoms with Crippen LogP contribution in [0.2, 0.25) is 5.02 Å². The Morgan fingerprint density at radius 2 is 2.32 bits per heavy atom. The Kier molecular flexibility index (Phi) is 4.82. The van der Waals surface area contributed by atoms with Gasteiger partial charge in [0.15, 0.2) is 0 Å². The molecule has 0 unspecified atom stereocenters. The molecular formula is C14H17ClN2O2. The van der Waals surface area contributed by atoms with Crippen molar-refractivity contribution in [2.24, 2.45) is 0 Å². The average Bonchev–Trinajstić information content (AvgIpc) is 2.42. The molecule has 1 aliphatic rings. The highest BCUT2D eigenvalue weighted by Gasteiger charge is 2.11. The zero-order valence-electron chi connectivity index (χ0n) is 10.6. The van der Waals surface area contributed by atoms with E-state index in [1.54, 1.807) is 6.07 Å². The van der Waals surface area contributed by atoms with Crippen LogP contribution in [0.1, 0.15) is 23.2 Å². The van der Waals surface area contributed by atoms with Crippen LogP contribution in [0.5, 0.6) is 5.75 Å². The van der Waals surface area contributed by atoms with Gasteiger partial charge in [-0.1, -0.05) is 23.3 Å². The van der Waals surface area contributed by atoms with Crippen molar-refractivity contribution in [3.8, 4) is 5.75 Å². The van der Waals surface area contributed by atoms with Crippen molar-refractivity contribution in [2.45, 2.75) is 12.8 Å². The number of hydrogen-bond acceptors (Lipinski definition) is 3. The van der Waals surface area contributed by atoms with Gasteiger partial charge in [0.2, 0.25) is 0 Å². The van der Waals surface area contributed by atoms with Crippen molar-refractivity contribution in [2.75, 3.05) is 19.6 Å². The normalized spacial score (nSPS) is 14.9. The monoisotopic (exact) mass is 280 g/mol. The number of rotatable bonds is 4. The molecule has 0 aliphatic carbocycles. The fourth-order valence-electron chi connectivity index (χ4n) is 2.02. The summed E-state index contributed by atoms with van der Waals surface area (Å²) in [6.07, 6.45) is 4.03. The van der Waals surface area contributed by atoms with Gasteiger partial charge in [-0.3, -0.25) is 4.79 Å². The maximum Gasteiger partial charge on any atom is 0.255 e. The lowest BCUT2D eigenvalue weighted by molar-refractivity contribution is 0.0951. The molecule has 102 valence electrons. The summed E-state index contributed by atoms with van der Waals surface area (Å²) < 4.78 is 0. The fraction of sp³-hybridized carbons (Fsp3) is 0.357. The predicted molar refractivity (Wildman–Crippen MR) is 75.6 cm³/mol. The summed E-state index contributed by atoms with van der Waals surface area (Å²) in [4.78, 5) is 11.9. The van der Waals surface area contributed by atoms with Crippen LogP contribution in [0.25, 0.3) is 0 Å². The molecule has 0 saturated heterocycles. The molecule has 1 aliphatic heterocycles.